The fourth-order valence-corrected chi connectivity index (χ4v) is 3.78. The van der Waals surface area contributed by atoms with Gasteiger partial charge in [0, 0.05) is 42.4 Å². The number of nitrogens with zero attached hydrogens (tertiary/aromatic N) is 3. The number of rotatable bonds is 6. The average molecular weight is 352 g/mol. The molecule has 0 spiro atoms. The van der Waals surface area contributed by atoms with Crippen LogP contribution in [0.25, 0.3) is 22.3 Å². The first kappa shape index (κ1) is 16.0. The van der Waals surface area contributed by atoms with Crippen LogP contribution in [0.3, 0.4) is 0 Å². The van der Waals surface area contributed by atoms with Crippen molar-refractivity contribution in [3.63, 3.8) is 0 Å². The Morgan fingerprint density at radius 3 is 2.92 bits per heavy atom. The molecule has 0 bridgehead atoms. The maximum Gasteiger partial charge on any atom is 0.222 e. The molecule has 1 aliphatic rings. The van der Waals surface area contributed by atoms with E-state index in [1.54, 1.807) is 11.3 Å². The highest BCUT2D eigenvalue weighted by Gasteiger charge is 2.19. The van der Waals surface area contributed by atoms with Gasteiger partial charge in [-0.05, 0) is 36.4 Å². The number of benzene rings is 1. The standard InChI is InChI=1S/C19H20N4OS/c24-17-7-3-10-23(17)11-4-9-20-19-15-5-1-2-6-16(15)21-18(22-19)14-8-12-25-13-14/h1-2,5-6,8,12-13H,3-4,7,9-11H2,(H,20,21,22). The molecule has 5 nitrogen and oxygen atoms in total. The zero-order valence-corrected chi connectivity index (χ0v) is 14.8. The third-order valence-corrected chi connectivity index (χ3v) is 5.13. The van der Waals surface area contributed by atoms with Crippen molar-refractivity contribution < 1.29 is 4.79 Å². The van der Waals surface area contributed by atoms with Gasteiger partial charge in [0.2, 0.25) is 5.91 Å². The highest BCUT2D eigenvalue weighted by molar-refractivity contribution is 7.08. The third-order valence-electron chi connectivity index (χ3n) is 4.45. The van der Waals surface area contributed by atoms with Crippen LogP contribution < -0.4 is 5.32 Å². The number of amides is 1. The average Bonchev–Trinajstić information content (AvgIpc) is 3.30. The van der Waals surface area contributed by atoms with Crippen LogP contribution >= 0.6 is 11.3 Å². The van der Waals surface area contributed by atoms with Gasteiger partial charge in [-0.3, -0.25) is 4.79 Å². The minimum atomic E-state index is 0.284. The first-order valence-electron chi connectivity index (χ1n) is 8.62. The quantitative estimate of drug-likeness (QED) is 0.686. The molecule has 1 aromatic carbocycles. The number of fused-ring (bicyclic) bond motifs is 1. The number of hydrogen-bond acceptors (Lipinski definition) is 5. The molecule has 2 aromatic heterocycles. The van der Waals surface area contributed by atoms with Crippen LogP contribution in [0.15, 0.2) is 41.1 Å². The van der Waals surface area contributed by atoms with Crippen molar-refractivity contribution in [3.05, 3.63) is 41.1 Å². The number of carbonyl (C=O) groups is 1. The van der Waals surface area contributed by atoms with Crippen LogP contribution in [-0.4, -0.2) is 40.4 Å². The van der Waals surface area contributed by atoms with Gasteiger partial charge >= 0.3 is 0 Å². The van der Waals surface area contributed by atoms with Crippen molar-refractivity contribution in [1.82, 2.24) is 14.9 Å². The number of para-hydroxylation sites is 1. The molecule has 1 amide bonds. The molecule has 0 saturated carbocycles. The van der Waals surface area contributed by atoms with E-state index < -0.39 is 0 Å². The van der Waals surface area contributed by atoms with E-state index in [9.17, 15) is 4.79 Å². The maximum absolute atomic E-state index is 11.7. The SMILES string of the molecule is O=C1CCCN1CCCNc1nc(-c2ccsc2)nc2ccccc12. The third kappa shape index (κ3) is 3.49. The summed E-state index contributed by atoms with van der Waals surface area (Å²) in [6.07, 6.45) is 2.61. The van der Waals surface area contributed by atoms with Crippen LogP contribution in [0, 0.1) is 0 Å². The van der Waals surface area contributed by atoms with Crippen LogP contribution in [0.2, 0.25) is 0 Å². The van der Waals surface area contributed by atoms with Crippen molar-refractivity contribution in [2.24, 2.45) is 0 Å². The van der Waals surface area contributed by atoms with E-state index in [1.807, 2.05) is 40.6 Å². The molecule has 1 N–H and O–H groups in total. The lowest BCUT2D eigenvalue weighted by atomic mass is 10.2. The zero-order chi connectivity index (χ0) is 17.1. The summed E-state index contributed by atoms with van der Waals surface area (Å²) in [5, 5.41) is 8.57. The van der Waals surface area contributed by atoms with Crippen molar-refractivity contribution in [2.45, 2.75) is 19.3 Å². The van der Waals surface area contributed by atoms with E-state index >= 15 is 0 Å². The molecule has 3 aromatic rings. The molecule has 1 fully saturated rings. The summed E-state index contributed by atoms with van der Waals surface area (Å²) >= 11 is 1.64. The fourth-order valence-electron chi connectivity index (χ4n) is 3.15. The lowest BCUT2D eigenvalue weighted by Gasteiger charge is -2.16. The molecular formula is C19H20N4OS. The Balaban J connectivity index is 1.50. The zero-order valence-electron chi connectivity index (χ0n) is 13.9. The van der Waals surface area contributed by atoms with Crippen molar-refractivity contribution in [3.8, 4) is 11.4 Å². The van der Waals surface area contributed by atoms with E-state index in [1.165, 1.54) is 0 Å². The summed E-state index contributed by atoms with van der Waals surface area (Å²) in [5.41, 5.74) is 1.98. The minimum absolute atomic E-state index is 0.284. The van der Waals surface area contributed by atoms with Crippen LogP contribution in [-0.2, 0) is 4.79 Å². The maximum atomic E-state index is 11.7. The van der Waals surface area contributed by atoms with Gasteiger partial charge in [-0.2, -0.15) is 11.3 Å². The second kappa shape index (κ2) is 7.19. The molecule has 0 atom stereocenters. The molecule has 0 unspecified atom stereocenters. The molecule has 0 aliphatic carbocycles. The number of aromatic nitrogens is 2. The van der Waals surface area contributed by atoms with Gasteiger partial charge in [0.05, 0.1) is 5.52 Å². The van der Waals surface area contributed by atoms with Gasteiger partial charge in [0.15, 0.2) is 5.82 Å². The number of likely N-dealkylation sites (tertiary alicyclic amines) is 1. The Hall–Kier alpha value is -2.47. The lowest BCUT2D eigenvalue weighted by molar-refractivity contribution is -0.127. The predicted molar refractivity (Wildman–Crippen MR) is 102 cm³/mol. The topological polar surface area (TPSA) is 58.1 Å². The lowest BCUT2D eigenvalue weighted by Crippen LogP contribution is -2.27. The molecule has 3 heterocycles. The van der Waals surface area contributed by atoms with Gasteiger partial charge < -0.3 is 10.2 Å². The van der Waals surface area contributed by atoms with E-state index in [0.29, 0.717) is 6.42 Å². The Morgan fingerprint density at radius 1 is 1.20 bits per heavy atom. The largest absolute Gasteiger partial charge is 0.369 e. The van der Waals surface area contributed by atoms with Crippen LogP contribution in [0.5, 0.6) is 0 Å². The molecule has 6 heteroatoms. The molecule has 1 saturated heterocycles. The predicted octanol–water partition coefficient (Wildman–Crippen LogP) is 3.78. The van der Waals surface area contributed by atoms with E-state index in [0.717, 1.165) is 60.6 Å². The van der Waals surface area contributed by atoms with Gasteiger partial charge in [-0.1, -0.05) is 12.1 Å². The number of carbonyl (C=O) groups excluding carboxylic acids is 1. The first-order chi connectivity index (χ1) is 12.3. The van der Waals surface area contributed by atoms with Crippen molar-refractivity contribution in [1.29, 1.82) is 0 Å². The number of anilines is 1. The minimum Gasteiger partial charge on any atom is -0.369 e. The smallest absolute Gasteiger partial charge is 0.222 e. The summed E-state index contributed by atoms with van der Waals surface area (Å²) in [4.78, 5) is 23.0. The summed E-state index contributed by atoms with van der Waals surface area (Å²) in [6.45, 7) is 2.50. The second-order valence-electron chi connectivity index (χ2n) is 6.19. The highest BCUT2D eigenvalue weighted by Crippen LogP contribution is 2.26. The van der Waals surface area contributed by atoms with Crippen LogP contribution in [0.4, 0.5) is 5.82 Å². The van der Waals surface area contributed by atoms with Crippen molar-refractivity contribution in [2.75, 3.05) is 25.0 Å². The Kier molecular flexibility index (Phi) is 4.61. The molecule has 4 rings (SSSR count). The molecule has 1 aliphatic heterocycles. The normalized spacial score (nSPS) is 14.4. The molecule has 128 valence electrons. The molecular weight excluding hydrogens is 332 g/mol. The van der Waals surface area contributed by atoms with Gasteiger partial charge in [-0.15, -0.1) is 0 Å². The highest BCUT2D eigenvalue weighted by atomic mass is 32.1. The van der Waals surface area contributed by atoms with Gasteiger partial charge in [0.1, 0.15) is 5.82 Å². The van der Waals surface area contributed by atoms with Crippen LogP contribution in [0.1, 0.15) is 19.3 Å². The summed E-state index contributed by atoms with van der Waals surface area (Å²) in [5.74, 6) is 1.89. The van der Waals surface area contributed by atoms with E-state index in [2.05, 4.69) is 15.7 Å². The number of nitrogens with one attached hydrogen (secondary N) is 1. The Morgan fingerprint density at radius 2 is 2.12 bits per heavy atom. The monoisotopic (exact) mass is 352 g/mol. The summed E-state index contributed by atoms with van der Waals surface area (Å²) < 4.78 is 0. The Bertz CT molecular complexity index is 878. The summed E-state index contributed by atoms with van der Waals surface area (Å²) in [7, 11) is 0. The number of thiophene rings is 1. The van der Waals surface area contributed by atoms with E-state index in [-0.39, 0.29) is 5.91 Å². The Labute approximate surface area is 150 Å². The van der Waals surface area contributed by atoms with Gasteiger partial charge in [0.25, 0.3) is 0 Å². The second-order valence-corrected chi connectivity index (χ2v) is 6.97. The first-order valence-corrected chi connectivity index (χ1v) is 9.56. The van der Waals surface area contributed by atoms with Crippen molar-refractivity contribution >= 4 is 34.0 Å². The summed E-state index contributed by atoms with van der Waals surface area (Å²) in [6, 6.07) is 10.1. The van der Waals surface area contributed by atoms with E-state index in [4.69, 9.17) is 4.98 Å². The fraction of sp³-hybridized carbons (Fsp3) is 0.316. The van der Waals surface area contributed by atoms with Gasteiger partial charge in [-0.25, -0.2) is 9.97 Å². The molecule has 0 radical (unpaired) electrons. The molecule has 25 heavy (non-hydrogen) atoms. The number of hydrogen-bond donors (Lipinski definition) is 1.